The number of carbonyl (C=O) groups excluding carboxylic acids is 2. The summed E-state index contributed by atoms with van der Waals surface area (Å²) < 4.78 is 5.55. The van der Waals surface area contributed by atoms with Crippen LogP contribution in [0.3, 0.4) is 0 Å². The van der Waals surface area contributed by atoms with Gasteiger partial charge < -0.3 is 20.7 Å². The number of hydrogen-bond acceptors (Lipinski definition) is 5. The van der Waals surface area contributed by atoms with Crippen molar-refractivity contribution in [1.29, 1.82) is 0 Å². The molecule has 0 aliphatic carbocycles. The number of rotatable bonds is 11. The zero-order chi connectivity index (χ0) is 18.9. The SMILES string of the molecule is O=C(CCCCC1SCC2NC(=O)NC21)NCCOCCc1ccncc1. The Kier molecular flexibility index (Phi) is 7.77. The van der Waals surface area contributed by atoms with Crippen LogP contribution in [0.4, 0.5) is 4.79 Å². The highest BCUT2D eigenvalue weighted by Gasteiger charge is 2.42. The fourth-order valence-electron chi connectivity index (χ4n) is 3.47. The van der Waals surface area contributed by atoms with Crippen LogP contribution in [-0.4, -0.2) is 59.8 Å². The van der Waals surface area contributed by atoms with E-state index in [1.54, 1.807) is 12.4 Å². The Morgan fingerprint density at radius 3 is 2.96 bits per heavy atom. The number of thioether (sulfide) groups is 1. The van der Waals surface area contributed by atoms with Gasteiger partial charge >= 0.3 is 6.03 Å². The fourth-order valence-corrected chi connectivity index (χ4v) is 5.01. The van der Waals surface area contributed by atoms with Crippen molar-refractivity contribution in [2.75, 3.05) is 25.5 Å². The van der Waals surface area contributed by atoms with Gasteiger partial charge in [-0.05, 0) is 37.0 Å². The molecule has 8 heteroatoms. The van der Waals surface area contributed by atoms with Gasteiger partial charge in [0.25, 0.3) is 0 Å². The molecule has 3 unspecified atom stereocenters. The minimum Gasteiger partial charge on any atom is -0.379 e. The summed E-state index contributed by atoms with van der Waals surface area (Å²) in [5.74, 6) is 1.07. The van der Waals surface area contributed by atoms with Gasteiger partial charge in [-0.2, -0.15) is 11.8 Å². The second-order valence-corrected chi connectivity index (χ2v) is 8.21. The Bertz CT molecular complexity index is 616. The molecule has 0 radical (unpaired) electrons. The van der Waals surface area contributed by atoms with E-state index in [0.717, 1.165) is 31.4 Å². The van der Waals surface area contributed by atoms with Gasteiger partial charge in [-0.3, -0.25) is 9.78 Å². The number of pyridine rings is 1. The van der Waals surface area contributed by atoms with Crippen LogP contribution in [0, 0.1) is 0 Å². The third kappa shape index (κ3) is 6.39. The highest BCUT2D eigenvalue weighted by atomic mass is 32.2. The minimum absolute atomic E-state index is 0.0438. The second kappa shape index (κ2) is 10.5. The van der Waals surface area contributed by atoms with Crippen molar-refractivity contribution in [3.63, 3.8) is 0 Å². The van der Waals surface area contributed by atoms with Gasteiger partial charge in [0.1, 0.15) is 0 Å². The predicted molar refractivity (Wildman–Crippen MR) is 106 cm³/mol. The van der Waals surface area contributed by atoms with E-state index in [-0.39, 0.29) is 24.0 Å². The van der Waals surface area contributed by atoms with Gasteiger partial charge in [0, 0.05) is 36.4 Å². The molecule has 1 aromatic rings. The van der Waals surface area contributed by atoms with Gasteiger partial charge in [0.05, 0.1) is 25.3 Å². The van der Waals surface area contributed by atoms with Gasteiger partial charge in [-0.15, -0.1) is 0 Å². The van der Waals surface area contributed by atoms with Crippen LogP contribution in [-0.2, 0) is 16.0 Å². The van der Waals surface area contributed by atoms with Crippen LogP contribution in [0.5, 0.6) is 0 Å². The molecule has 3 atom stereocenters. The standard InChI is InChI=1S/C19H28N4O3S/c24-17(21-10-12-26-11-7-14-5-8-20-9-6-14)4-2-1-3-16-18-15(13-27-16)22-19(25)23-18/h5-6,8-9,15-16,18H,1-4,7,10-13H2,(H,21,24)(H2,22,23,25). The van der Waals surface area contributed by atoms with Crippen LogP contribution in [0.2, 0.25) is 0 Å². The molecular formula is C19H28N4O3S. The Morgan fingerprint density at radius 1 is 1.26 bits per heavy atom. The predicted octanol–water partition coefficient (Wildman–Crippen LogP) is 1.48. The molecule has 2 aliphatic rings. The second-order valence-electron chi connectivity index (χ2n) is 6.94. The van der Waals surface area contributed by atoms with Crippen LogP contribution in [0.15, 0.2) is 24.5 Å². The van der Waals surface area contributed by atoms with Crippen molar-refractivity contribution in [1.82, 2.24) is 20.9 Å². The van der Waals surface area contributed by atoms with Crippen molar-refractivity contribution in [3.8, 4) is 0 Å². The van der Waals surface area contributed by atoms with E-state index in [9.17, 15) is 9.59 Å². The Balaban J connectivity index is 1.16. The molecule has 0 spiro atoms. The summed E-state index contributed by atoms with van der Waals surface area (Å²) in [6.07, 6.45) is 7.89. The molecule has 0 aromatic carbocycles. The Morgan fingerprint density at radius 2 is 2.11 bits per heavy atom. The van der Waals surface area contributed by atoms with Crippen molar-refractivity contribution in [2.24, 2.45) is 0 Å². The van der Waals surface area contributed by atoms with E-state index in [1.807, 2.05) is 23.9 Å². The number of aromatic nitrogens is 1. The maximum atomic E-state index is 11.9. The van der Waals surface area contributed by atoms with Crippen molar-refractivity contribution in [2.45, 2.75) is 49.4 Å². The van der Waals surface area contributed by atoms with Crippen LogP contribution in [0.25, 0.3) is 0 Å². The number of nitrogens with zero attached hydrogens (tertiary/aromatic N) is 1. The van der Waals surface area contributed by atoms with Crippen molar-refractivity contribution < 1.29 is 14.3 Å². The molecule has 2 fully saturated rings. The Hall–Kier alpha value is -1.80. The lowest BCUT2D eigenvalue weighted by Gasteiger charge is -2.16. The summed E-state index contributed by atoms with van der Waals surface area (Å²) >= 11 is 1.92. The molecule has 3 rings (SSSR count). The average molecular weight is 393 g/mol. The third-order valence-corrected chi connectivity index (χ3v) is 6.44. The number of ether oxygens (including phenoxy) is 1. The monoisotopic (exact) mass is 392 g/mol. The maximum absolute atomic E-state index is 11.9. The quantitative estimate of drug-likeness (QED) is 0.392. The number of urea groups is 1. The molecule has 3 heterocycles. The van der Waals surface area contributed by atoms with Crippen LogP contribution < -0.4 is 16.0 Å². The molecule has 3 amide bonds. The summed E-state index contributed by atoms with van der Waals surface area (Å²) in [6.45, 7) is 1.73. The summed E-state index contributed by atoms with van der Waals surface area (Å²) in [6, 6.07) is 4.44. The van der Waals surface area contributed by atoms with E-state index < -0.39 is 0 Å². The van der Waals surface area contributed by atoms with Gasteiger partial charge in [0.2, 0.25) is 5.91 Å². The van der Waals surface area contributed by atoms with Crippen LogP contribution in [0.1, 0.15) is 31.2 Å². The molecule has 148 valence electrons. The van der Waals surface area contributed by atoms with Gasteiger partial charge in [0.15, 0.2) is 0 Å². The fraction of sp³-hybridized carbons (Fsp3) is 0.632. The molecule has 0 bridgehead atoms. The smallest absolute Gasteiger partial charge is 0.315 e. The summed E-state index contributed by atoms with van der Waals surface area (Å²) in [4.78, 5) is 27.2. The molecule has 27 heavy (non-hydrogen) atoms. The van der Waals surface area contributed by atoms with Gasteiger partial charge in [-0.25, -0.2) is 4.79 Å². The van der Waals surface area contributed by atoms with E-state index in [0.29, 0.717) is 31.4 Å². The topological polar surface area (TPSA) is 92.4 Å². The lowest BCUT2D eigenvalue weighted by molar-refractivity contribution is -0.121. The van der Waals surface area contributed by atoms with E-state index >= 15 is 0 Å². The number of unbranched alkanes of at least 4 members (excludes halogenated alkanes) is 1. The summed E-state index contributed by atoms with van der Waals surface area (Å²) in [7, 11) is 0. The number of hydrogen-bond donors (Lipinski definition) is 3. The first kappa shape index (κ1) is 19.9. The summed E-state index contributed by atoms with van der Waals surface area (Å²) in [5.41, 5.74) is 1.20. The lowest BCUT2D eigenvalue weighted by atomic mass is 10.0. The lowest BCUT2D eigenvalue weighted by Crippen LogP contribution is -2.36. The van der Waals surface area contributed by atoms with E-state index in [1.165, 1.54) is 5.56 Å². The molecule has 0 saturated carbocycles. The highest BCUT2D eigenvalue weighted by molar-refractivity contribution is 8.00. The van der Waals surface area contributed by atoms with Crippen molar-refractivity contribution >= 4 is 23.7 Å². The first-order chi connectivity index (χ1) is 13.2. The normalized spacial score (nSPS) is 23.6. The molecular weight excluding hydrogens is 364 g/mol. The minimum atomic E-state index is -0.0438. The number of fused-ring (bicyclic) bond motifs is 1. The maximum Gasteiger partial charge on any atom is 0.315 e. The Labute approximate surface area is 164 Å². The van der Waals surface area contributed by atoms with E-state index in [4.69, 9.17) is 4.74 Å². The summed E-state index contributed by atoms with van der Waals surface area (Å²) in [5, 5.41) is 9.33. The van der Waals surface area contributed by atoms with Gasteiger partial charge in [-0.1, -0.05) is 6.42 Å². The first-order valence-electron chi connectivity index (χ1n) is 9.64. The molecule has 3 N–H and O–H groups in total. The van der Waals surface area contributed by atoms with Crippen LogP contribution >= 0.6 is 11.8 Å². The number of nitrogens with one attached hydrogen (secondary N) is 3. The van der Waals surface area contributed by atoms with Crippen molar-refractivity contribution in [3.05, 3.63) is 30.1 Å². The zero-order valence-electron chi connectivity index (χ0n) is 15.5. The number of carbonyl (C=O) groups is 2. The number of amides is 3. The molecule has 1 aromatic heterocycles. The largest absolute Gasteiger partial charge is 0.379 e. The first-order valence-corrected chi connectivity index (χ1v) is 10.7. The molecule has 2 aliphatic heterocycles. The third-order valence-electron chi connectivity index (χ3n) is 4.93. The zero-order valence-corrected chi connectivity index (χ0v) is 16.3. The highest BCUT2D eigenvalue weighted by Crippen LogP contribution is 2.33. The van der Waals surface area contributed by atoms with E-state index in [2.05, 4.69) is 20.9 Å². The molecule has 2 saturated heterocycles. The molecule has 7 nitrogen and oxygen atoms in total. The average Bonchev–Trinajstić information content (AvgIpc) is 3.22.